The number of hydrogen-bond acceptors (Lipinski definition) is 1. The summed E-state index contributed by atoms with van der Waals surface area (Å²) in [7, 11) is 0. The van der Waals surface area contributed by atoms with Gasteiger partial charge in [-0.05, 0) is 54.1 Å². The van der Waals surface area contributed by atoms with Crippen molar-refractivity contribution in [3.63, 3.8) is 0 Å². The van der Waals surface area contributed by atoms with Gasteiger partial charge in [0.05, 0.1) is 12.2 Å². The molecule has 1 aliphatic heterocycles. The molecule has 0 saturated heterocycles. The van der Waals surface area contributed by atoms with Crippen LogP contribution in [-0.2, 0) is 4.74 Å². The minimum absolute atomic E-state index is 0.0746. The van der Waals surface area contributed by atoms with E-state index in [0.29, 0.717) is 11.3 Å². The standard InChI is InChI=1S/C21H28O/c1-20(2,3)17-11-12-21-14-16(17)19(15-8-5-4-6-9-15)18(21)10-7-13-22-21/h4-6,8-10,16-17,19H,7,11-14H2,1-3H3. The zero-order valence-electron chi connectivity index (χ0n) is 14.1. The molecule has 4 unspecified atom stereocenters. The molecule has 2 fully saturated rings. The lowest BCUT2D eigenvalue weighted by Gasteiger charge is -2.43. The SMILES string of the molecule is CC(C)(C)C1CCC23CC1C(c1ccccc1)C2=CCCO3. The molecule has 3 aliphatic rings. The van der Waals surface area contributed by atoms with Crippen molar-refractivity contribution in [2.24, 2.45) is 17.3 Å². The van der Waals surface area contributed by atoms with Crippen molar-refractivity contribution in [3.8, 4) is 0 Å². The van der Waals surface area contributed by atoms with Gasteiger partial charge in [-0.25, -0.2) is 0 Å². The Labute approximate surface area is 134 Å². The van der Waals surface area contributed by atoms with E-state index in [1.54, 1.807) is 5.57 Å². The monoisotopic (exact) mass is 296 g/mol. The third-order valence-electron chi connectivity index (χ3n) is 6.36. The maximum Gasteiger partial charge on any atom is 0.0900 e. The van der Waals surface area contributed by atoms with Crippen molar-refractivity contribution < 1.29 is 4.74 Å². The van der Waals surface area contributed by atoms with E-state index < -0.39 is 0 Å². The molecule has 0 amide bonds. The second kappa shape index (κ2) is 4.96. The minimum Gasteiger partial charge on any atom is -0.370 e. The Bertz CT molecular complexity index is 580. The summed E-state index contributed by atoms with van der Waals surface area (Å²) in [6.07, 6.45) is 7.38. The Hall–Kier alpha value is -1.08. The number of fused-ring (bicyclic) bond motifs is 1. The molecule has 1 aromatic rings. The van der Waals surface area contributed by atoms with Gasteiger partial charge in [-0.3, -0.25) is 0 Å². The Kier molecular flexibility index (Phi) is 3.27. The summed E-state index contributed by atoms with van der Waals surface area (Å²) in [5.41, 5.74) is 3.57. The largest absolute Gasteiger partial charge is 0.370 e. The van der Waals surface area contributed by atoms with Crippen molar-refractivity contribution in [3.05, 3.63) is 47.5 Å². The molecule has 0 aromatic heterocycles. The van der Waals surface area contributed by atoms with Gasteiger partial charge in [0.2, 0.25) is 0 Å². The maximum atomic E-state index is 6.40. The van der Waals surface area contributed by atoms with Crippen LogP contribution in [0.5, 0.6) is 0 Å². The van der Waals surface area contributed by atoms with Gasteiger partial charge >= 0.3 is 0 Å². The predicted molar refractivity (Wildman–Crippen MR) is 90.9 cm³/mol. The molecule has 2 bridgehead atoms. The second-order valence-corrected chi connectivity index (χ2v) is 8.56. The summed E-state index contributed by atoms with van der Waals surface area (Å²) in [6.45, 7) is 8.19. The van der Waals surface area contributed by atoms with Crippen LogP contribution in [0.25, 0.3) is 0 Å². The van der Waals surface area contributed by atoms with E-state index in [-0.39, 0.29) is 5.60 Å². The van der Waals surface area contributed by atoms with Crippen molar-refractivity contribution in [2.75, 3.05) is 6.61 Å². The zero-order chi connectivity index (χ0) is 15.4. The van der Waals surface area contributed by atoms with Crippen LogP contribution in [-0.4, -0.2) is 12.2 Å². The lowest BCUT2D eigenvalue weighted by Crippen LogP contribution is -2.40. The molecule has 0 radical (unpaired) electrons. The lowest BCUT2D eigenvalue weighted by molar-refractivity contribution is -0.0607. The molecule has 22 heavy (non-hydrogen) atoms. The fourth-order valence-corrected chi connectivity index (χ4v) is 5.51. The smallest absolute Gasteiger partial charge is 0.0900 e. The molecule has 1 heteroatoms. The quantitative estimate of drug-likeness (QED) is 0.636. The minimum atomic E-state index is 0.0746. The number of hydrogen-bond donors (Lipinski definition) is 0. The summed E-state index contributed by atoms with van der Waals surface area (Å²) in [4.78, 5) is 0. The van der Waals surface area contributed by atoms with E-state index in [1.165, 1.54) is 24.8 Å². The van der Waals surface area contributed by atoms with Crippen LogP contribution in [0.2, 0.25) is 0 Å². The third kappa shape index (κ3) is 2.09. The molecule has 1 spiro atoms. The van der Waals surface area contributed by atoms with Gasteiger partial charge in [-0.15, -0.1) is 0 Å². The highest BCUT2D eigenvalue weighted by atomic mass is 16.5. The van der Waals surface area contributed by atoms with Gasteiger partial charge in [-0.2, -0.15) is 0 Å². The van der Waals surface area contributed by atoms with Gasteiger partial charge in [-0.1, -0.05) is 57.2 Å². The summed E-state index contributed by atoms with van der Waals surface area (Å²) in [5.74, 6) is 2.10. The van der Waals surface area contributed by atoms with E-state index in [4.69, 9.17) is 4.74 Å². The van der Waals surface area contributed by atoms with Crippen LogP contribution in [0, 0.1) is 17.3 Å². The zero-order valence-corrected chi connectivity index (χ0v) is 14.1. The number of rotatable bonds is 1. The van der Waals surface area contributed by atoms with Gasteiger partial charge in [0, 0.05) is 5.92 Å². The van der Waals surface area contributed by atoms with Gasteiger partial charge in [0.25, 0.3) is 0 Å². The highest BCUT2D eigenvalue weighted by Crippen LogP contribution is 2.63. The van der Waals surface area contributed by atoms with Crippen LogP contribution in [0.3, 0.4) is 0 Å². The van der Waals surface area contributed by atoms with Crippen LogP contribution >= 0.6 is 0 Å². The highest BCUT2D eigenvalue weighted by molar-refractivity contribution is 5.42. The molecule has 1 aromatic carbocycles. The Balaban J connectivity index is 1.81. The van der Waals surface area contributed by atoms with Gasteiger partial charge < -0.3 is 4.74 Å². The molecule has 1 heterocycles. The molecule has 4 atom stereocenters. The average Bonchev–Trinajstić information content (AvgIpc) is 2.74. The summed E-state index contributed by atoms with van der Waals surface area (Å²) in [6, 6.07) is 11.2. The third-order valence-corrected chi connectivity index (χ3v) is 6.36. The van der Waals surface area contributed by atoms with Crippen LogP contribution in [0.1, 0.15) is 57.9 Å². The summed E-state index contributed by atoms with van der Waals surface area (Å²) >= 11 is 0. The molecule has 1 nitrogen and oxygen atoms in total. The van der Waals surface area contributed by atoms with Gasteiger partial charge in [0.1, 0.15) is 0 Å². The normalized spacial score (nSPS) is 37.6. The first-order chi connectivity index (χ1) is 10.5. The van der Waals surface area contributed by atoms with Crippen LogP contribution in [0.4, 0.5) is 0 Å². The first-order valence-corrected chi connectivity index (χ1v) is 8.91. The molecule has 2 aliphatic carbocycles. The fraction of sp³-hybridized carbons (Fsp3) is 0.619. The Morgan fingerprint density at radius 2 is 1.91 bits per heavy atom. The predicted octanol–water partition coefficient (Wildman–Crippen LogP) is 5.33. The van der Waals surface area contributed by atoms with Crippen molar-refractivity contribution >= 4 is 0 Å². The van der Waals surface area contributed by atoms with Crippen molar-refractivity contribution in [1.82, 2.24) is 0 Å². The first kappa shape index (κ1) is 14.5. The topological polar surface area (TPSA) is 9.23 Å². The fourth-order valence-electron chi connectivity index (χ4n) is 5.51. The highest BCUT2D eigenvalue weighted by Gasteiger charge is 2.58. The molecular formula is C21H28O. The van der Waals surface area contributed by atoms with E-state index in [9.17, 15) is 0 Å². The van der Waals surface area contributed by atoms with Crippen molar-refractivity contribution in [1.29, 1.82) is 0 Å². The molecular weight excluding hydrogens is 268 g/mol. The number of benzene rings is 1. The number of ether oxygens (including phenoxy) is 1. The average molecular weight is 296 g/mol. The maximum absolute atomic E-state index is 6.40. The van der Waals surface area contributed by atoms with E-state index in [2.05, 4.69) is 57.2 Å². The van der Waals surface area contributed by atoms with E-state index >= 15 is 0 Å². The van der Waals surface area contributed by atoms with Crippen molar-refractivity contribution in [2.45, 2.75) is 58.0 Å². The lowest BCUT2D eigenvalue weighted by atomic mass is 9.64. The summed E-state index contributed by atoms with van der Waals surface area (Å²) < 4.78 is 6.40. The van der Waals surface area contributed by atoms with Crippen LogP contribution in [0.15, 0.2) is 42.0 Å². The van der Waals surface area contributed by atoms with Crippen LogP contribution < -0.4 is 0 Å². The Morgan fingerprint density at radius 3 is 2.64 bits per heavy atom. The van der Waals surface area contributed by atoms with E-state index in [1.807, 2.05) is 0 Å². The van der Waals surface area contributed by atoms with Gasteiger partial charge in [0.15, 0.2) is 0 Å². The molecule has 2 saturated carbocycles. The molecule has 4 rings (SSSR count). The molecule has 118 valence electrons. The summed E-state index contributed by atoms with van der Waals surface area (Å²) in [5, 5.41) is 0. The molecule has 0 N–H and O–H groups in total. The second-order valence-electron chi connectivity index (χ2n) is 8.56. The Morgan fingerprint density at radius 1 is 1.14 bits per heavy atom. The first-order valence-electron chi connectivity index (χ1n) is 8.91. The van der Waals surface area contributed by atoms with E-state index in [0.717, 1.165) is 24.9 Å².